The second kappa shape index (κ2) is 4.27. The lowest BCUT2D eigenvalue weighted by atomic mass is 9.81. The Hall–Kier alpha value is -0.130. The van der Waals surface area contributed by atoms with Gasteiger partial charge in [0.1, 0.15) is 0 Å². The van der Waals surface area contributed by atoms with Crippen LogP contribution in [0.3, 0.4) is 0 Å². The molecule has 1 fully saturated rings. The van der Waals surface area contributed by atoms with Crippen LogP contribution in [0.15, 0.2) is 0 Å². The molecule has 0 bridgehead atoms. The molecule has 1 unspecified atom stereocenters. The summed E-state index contributed by atoms with van der Waals surface area (Å²) in [6.45, 7) is 11.1. The highest BCUT2D eigenvalue weighted by Crippen LogP contribution is 2.27. The maximum absolute atomic E-state index is 12.1. The van der Waals surface area contributed by atoms with E-state index in [1.807, 2.05) is 0 Å². The Labute approximate surface area is 99.2 Å². The van der Waals surface area contributed by atoms with Crippen molar-refractivity contribution in [2.75, 3.05) is 13.1 Å². The van der Waals surface area contributed by atoms with E-state index in [0.717, 1.165) is 19.5 Å². The fourth-order valence-corrected chi connectivity index (χ4v) is 2.92. The molecule has 4 nitrogen and oxygen atoms in total. The van der Waals surface area contributed by atoms with Crippen LogP contribution in [-0.2, 0) is 10.0 Å². The number of nitrogens with one attached hydrogen (secondary N) is 2. The Balaban J connectivity index is 2.81. The average molecular weight is 248 g/mol. The summed E-state index contributed by atoms with van der Waals surface area (Å²) in [5, 5.41) is 3.29. The van der Waals surface area contributed by atoms with Crippen molar-refractivity contribution in [3.8, 4) is 0 Å². The third kappa shape index (κ3) is 2.96. The van der Waals surface area contributed by atoms with Crippen LogP contribution in [0.1, 0.15) is 41.0 Å². The van der Waals surface area contributed by atoms with Gasteiger partial charge in [-0.2, -0.15) is 0 Å². The van der Waals surface area contributed by atoms with Gasteiger partial charge in [0, 0.05) is 12.6 Å². The molecule has 0 aromatic heterocycles. The zero-order valence-corrected chi connectivity index (χ0v) is 11.7. The Morgan fingerprint density at radius 3 is 2.31 bits per heavy atom. The Kier molecular flexibility index (Phi) is 3.72. The quantitative estimate of drug-likeness (QED) is 0.769. The highest BCUT2D eigenvalue weighted by atomic mass is 32.2. The van der Waals surface area contributed by atoms with Crippen molar-refractivity contribution in [3.05, 3.63) is 0 Å². The zero-order valence-electron chi connectivity index (χ0n) is 10.9. The monoisotopic (exact) mass is 248 g/mol. The largest absolute Gasteiger partial charge is 0.316 e. The number of piperidine rings is 1. The highest BCUT2D eigenvalue weighted by Gasteiger charge is 2.38. The van der Waals surface area contributed by atoms with Crippen LogP contribution >= 0.6 is 0 Å². The molecule has 1 aliphatic heterocycles. The first-order valence-electron chi connectivity index (χ1n) is 5.79. The first kappa shape index (κ1) is 13.9. The molecule has 1 aliphatic rings. The van der Waals surface area contributed by atoms with Gasteiger partial charge in [-0.1, -0.05) is 13.8 Å². The van der Waals surface area contributed by atoms with E-state index < -0.39 is 14.8 Å². The molecule has 96 valence electrons. The second-order valence-corrected chi connectivity index (χ2v) is 8.71. The molecule has 1 heterocycles. The highest BCUT2D eigenvalue weighted by molar-refractivity contribution is 7.90. The van der Waals surface area contributed by atoms with Crippen LogP contribution in [-0.4, -0.2) is 32.3 Å². The minimum atomic E-state index is -3.25. The Morgan fingerprint density at radius 1 is 1.31 bits per heavy atom. The lowest BCUT2D eigenvalue weighted by Gasteiger charge is -2.40. The van der Waals surface area contributed by atoms with Crippen molar-refractivity contribution < 1.29 is 8.42 Å². The van der Waals surface area contributed by atoms with Crippen molar-refractivity contribution in [1.29, 1.82) is 0 Å². The van der Waals surface area contributed by atoms with Gasteiger partial charge in [0.2, 0.25) is 10.0 Å². The lowest BCUT2D eigenvalue weighted by Crippen LogP contribution is -2.56. The van der Waals surface area contributed by atoms with E-state index in [1.54, 1.807) is 20.8 Å². The van der Waals surface area contributed by atoms with Crippen LogP contribution in [0.25, 0.3) is 0 Å². The number of hydrogen-bond acceptors (Lipinski definition) is 3. The lowest BCUT2D eigenvalue weighted by molar-refractivity contribution is 0.206. The topological polar surface area (TPSA) is 58.2 Å². The minimum absolute atomic E-state index is 0.0259. The van der Waals surface area contributed by atoms with Crippen LogP contribution in [0.5, 0.6) is 0 Å². The Morgan fingerprint density at radius 2 is 1.88 bits per heavy atom. The predicted molar refractivity (Wildman–Crippen MR) is 66.9 cm³/mol. The van der Waals surface area contributed by atoms with E-state index in [-0.39, 0.29) is 11.5 Å². The Bertz CT molecular complexity index is 341. The van der Waals surface area contributed by atoms with E-state index >= 15 is 0 Å². The minimum Gasteiger partial charge on any atom is -0.316 e. The fourth-order valence-electron chi connectivity index (χ4n) is 1.75. The van der Waals surface area contributed by atoms with Crippen molar-refractivity contribution in [3.63, 3.8) is 0 Å². The number of sulfonamides is 1. The summed E-state index contributed by atoms with van der Waals surface area (Å²) in [5.74, 6) is 0. The van der Waals surface area contributed by atoms with Crippen molar-refractivity contribution in [1.82, 2.24) is 10.0 Å². The third-order valence-electron chi connectivity index (χ3n) is 3.24. The molecule has 0 saturated carbocycles. The summed E-state index contributed by atoms with van der Waals surface area (Å²) in [6, 6.07) is 0.0259. The van der Waals surface area contributed by atoms with E-state index in [2.05, 4.69) is 23.9 Å². The molecule has 0 aromatic carbocycles. The van der Waals surface area contributed by atoms with Gasteiger partial charge >= 0.3 is 0 Å². The van der Waals surface area contributed by atoms with Crippen molar-refractivity contribution >= 4 is 10.0 Å². The molecule has 1 atom stereocenters. The first-order chi connectivity index (χ1) is 7.06. The molecule has 0 aliphatic carbocycles. The molecule has 2 N–H and O–H groups in total. The van der Waals surface area contributed by atoms with Crippen LogP contribution in [0.2, 0.25) is 0 Å². The predicted octanol–water partition coefficient (Wildman–Crippen LogP) is 1.09. The number of hydrogen-bond donors (Lipinski definition) is 2. The second-order valence-electron chi connectivity index (χ2n) is 6.24. The van der Waals surface area contributed by atoms with Crippen LogP contribution < -0.4 is 10.0 Å². The first-order valence-corrected chi connectivity index (χ1v) is 7.27. The summed E-state index contributed by atoms with van der Waals surface area (Å²) in [7, 11) is -3.25. The van der Waals surface area contributed by atoms with Gasteiger partial charge in [-0.25, -0.2) is 13.1 Å². The molecule has 0 spiro atoms. The normalized spacial score (nSPS) is 26.7. The SMILES string of the molecule is CC1(C)CNCCC1NS(=O)(=O)C(C)(C)C. The molecule has 16 heavy (non-hydrogen) atoms. The average Bonchev–Trinajstić information content (AvgIpc) is 2.06. The summed E-state index contributed by atoms with van der Waals surface area (Å²) in [6.07, 6.45) is 0.850. The van der Waals surface area contributed by atoms with Gasteiger partial charge in [0.15, 0.2) is 0 Å². The van der Waals surface area contributed by atoms with Gasteiger partial charge < -0.3 is 5.32 Å². The van der Waals surface area contributed by atoms with Crippen LogP contribution in [0.4, 0.5) is 0 Å². The van der Waals surface area contributed by atoms with E-state index in [9.17, 15) is 8.42 Å². The smallest absolute Gasteiger partial charge is 0.216 e. The maximum Gasteiger partial charge on any atom is 0.216 e. The molecular formula is C11H24N2O2S. The summed E-state index contributed by atoms with van der Waals surface area (Å²) < 4.78 is 26.3. The van der Waals surface area contributed by atoms with Gasteiger partial charge in [-0.05, 0) is 39.2 Å². The molecule has 1 rings (SSSR count). The molecule has 5 heteroatoms. The molecule has 0 aromatic rings. The van der Waals surface area contributed by atoms with Gasteiger partial charge in [0.25, 0.3) is 0 Å². The molecule has 0 amide bonds. The van der Waals surface area contributed by atoms with Crippen LogP contribution in [0, 0.1) is 5.41 Å². The third-order valence-corrected chi connectivity index (χ3v) is 5.44. The van der Waals surface area contributed by atoms with Gasteiger partial charge in [-0.15, -0.1) is 0 Å². The maximum atomic E-state index is 12.1. The van der Waals surface area contributed by atoms with E-state index in [4.69, 9.17) is 0 Å². The standard InChI is InChI=1S/C11H24N2O2S/c1-10(2,3)16(14,15)13-9-6-7-12-8-11(9,4)5/h9,12-13H,6-8H2,1-5H3. The van der Waals surface area contributed by atoms with E-state index in [1.165, 1.54) is 0 Å². The van der Waals surface area contributed by atoms with Crippen molar-refractivity contribution in [2.24, 2.45) is 5.41 Å². The summed E-state index contributed by atoms with van der Waals surface area (Å²) in [4.78, 5) is 0. The zero-order chi connectivity index (χ0) is 12.6. The fraction of sp³-hybridized carbons (Fsp3) is 1.00. The molecule has 1 saturated heterocycles. The van der Waals surface area contributed by atoms with E-state index in [0.29, 0.717) is 0 Å². The summed E-state index contributed by atoms with van der Waals surface area (Å²) in [5.41, 5.74) is -0.0312. The number of rotatable bonds is 2. The van der Waals surface area contributed by atoms with Crippen molar-refractivity contribution in [2.45, 2.75) is 51.8 Å². The molecule has 0 radical (unpaired) electrons. The summed E-state index contributed by atoms with van der Waals surface area (Å²) >= 11 is 0. The van der Waals surface area contributed by atoms with Gasteiger partial charge in [-0.3, -0.25) is 0 Å². The van der Waals surface area contributed by atoms with Gasteiger partial charge in [0.05, 0.1) is 4.75 Å². The molecular weight excluding hydrogens is 224 g/mol.